The van der Waals surface area contributed by atoms with Crippen molar-refractivity contribution in [2.24, 2.45) is 0 Å². The summed E-state index contributed by atoms with van der Waals surface area (Å²) in [7, 11) is -3.55. The summed E-state index contributed by atoms with van der Waals surface area (Å²) in [5.74, 6) is 0.480. The number of aryl methyl sites for hydroxylation is 1. The zero-order valence-electron chi connectivity index (χ0n) is 14.6. The van der Waals surface area contributed by atoms with E-state index in [0.717, 1.165) is 23.5 Å². The Morgan fingerprint density at radius 2 is 1.88 bits per heavy atom. The average molecular weight is 391 g/mol. The number of carbonyl (C=O) groups is 1. The third-order valence-electron chi connectivity index (χ3n) is 3.98. The molecule has 26 heavy (non-hydrogen) atoms. The minimum Gasteiger partial charge on any atom is -0.351 e. The molecule has 0 aliphatic heterocycles. The Labute approximate surface area is 158 Å². The van der Waals surface area contributed by atoms with E-state index in [1.165, 1.54) is 17.7 Å². The van der Waals surface area contributed by atoms with Gasteiger partial charge in [0.05, 0.1) is 4.90 Å². The highest BCUT2D eigenvalue weighted by atomic mass is 32.2. The zero-order chi connectivity index (χ0) is 18.6. The SMILES string of the molecule is Cc1ccc(SCCNC(=O)c2cccc(S(=O)(=O)NC3CC3)c2)cc1. The van der Waals surface area contributed by atoms with Crippen LogP contribution in [0.1, 0.15) is 28.8 Å². The average Bonchev–Trinajstić information content (AvgIpc) is 3.43. The number of nitrogens with one attached hydrogen (secondary N) is 2. The predicted octanol–water partition coefficient (Wildman–Crippen LogP) is 2.96. The van der Waals surface area contributed by atoms with Gasteiger partial charge in [0.15, 0.2) is 0 Å². The standard InChI is InChI=1S/C19H22N2O3S2/c1-14-5-9-17(10-6-14)25-12-11-20-19(22)15-3-2-4-18(13-15)26(23,24)21-16-7-8-16/h2-6,9-10,13,16,21H,7-8,11-12H2,1H3,(H,20,22). The van der Waals surface area contributed by atoms with Crippen LogP contribution in [-0.4, -0.2) is 32.7 Å². The fourth-order valence-corrected chi connectivity index (χ4v) is 4.48. The van der Waals surface area contributed by atoms with Crippen molar-refractivity contribution in [2.75, 3.05) is 12.3 Å². The van der Waals surface area contributed by atoms with E-state index >= 15 is 0 Å². The number of hydrogen-bond acceptors (Lipinski definition) is 4. The number of carbonyl (C=O) groups excluding carboxylic acids is 1. The van der Waals surface area contributed by atoms with Crippen molar-refractivity contribution in [3.63, 3.8) is 0 Å². The minimum absolute atomic E-state index is 0.0382. The second-order valence-electron chi connectivity index (χ2n) is 6.34. The van der Waals surface area contributed by atoms with E-state index in [4.69, 9.17) is 0 Å². The lowest BCUT2D eigenvalue weighted by Gasteiger charge is -2.08. The lowest BCUT2D eigenvalue weighted by Crippen LogP contribution is -2.28. The van der Waals surface area contributed by atoms with Gasteiger partial charge in [0.25, 0.3) is 5.91 Å². The van der Waals surface area contributed by atoms with Crippen molar-refractivity contribution in [1.82, 2.24) is 10.0 Å². The Hall–Kier alpha value is -1.83. The van der Waals surface area contributed by atoms with Crippen molar-refractivity contribution in [3.05, 3.63) is 59.7 Å². The molecular weight excluding hydrogens is 368 g/mol. The van der Waals surface area contributed by atoms with E-state index < -0.39 is 10.0 Å². The van der Waals surface area contributed by atoms with Crippen LogP contribution in [0.3, 0.4) is 0 Å². The highest BCUT2D eigenvalue weighted by molar-refractivity contribution is 7.99. The number of thioether (sulfide) groups is 1. The van der Waals surface area contributed by atoms with E-state index in [-0.39, 0.29) is 16.8 Å². The normalized spacial score (nSPS) is 14.2. The molecule has 0 aromatic heterocycles. The smallest absolute Gasteiger partial charge is 0.251 e. The van der Waals surface area contributed by atoms with Gasteiger partial charge in [-0.15, -0.1) is 11.8 Å². The fraction of sp³-hybridized carbons (Fsp3) is 0.316. The summed E-state index contributed by atoms with van der Waals surface area (Å²) in [5.41, 5.74) is 1.57. The molecule has 0 radical (unpaired) electrons. The molecule has 0 spiro atoms. The van der Waals surface area contributed by atoms with Gasteiger partial charge >= 0.3 is 0 Å². The number of hydrogen-bond donors (Lipinski definition) is 2. The van der Waals surface area contributed by atoms with Crippen molar-refractivity contribution in [3.8, 4) is 0 Å². The van der Waals surface area contributed by atoms with Crippen LogP contribution >= 0.6 is 11.8 Å². The molecule has 0 heterocycles. The third kappa shape index (κ3) is 5.33. The van der Waals surface area contributed by atoms with Gasteiger partial charge in [-0.25, -0.2) is 13.1 Å². The lowest BCUT2D eigenvalue weighted by molar-refractivity contribution is 0.0956. The topological polar surface area (TPSA) is 75.3 Å². The van der Waals surface area contributed by atoms with Crippen molar-refractivity contribution < 1.29 is 13.2 Å². The van der Waals surface area contributed by atoms with Crippen molar-refractivity contribution >= 4 is 27.7 Å². The van der Waals surface area contributed by atoms with E-state index in [9.17, 15) is 13.2 Å². The molecule has 138 valence electrons. The Balaban J connectivity index is 1.52. The van der Waals surface area contributed by atoms with Crippen molar-refractivity contribution in [1.29, 1.82) is 0 Å². The third-order valence-corrected chi connectivity index (χ3v) is 6.51. The molecule has 1 amide bonds. The maximum atomic E-state index is 12.3. The van der Waals surface area contributed by atoms with E-state index in [1.54, 1.807) is 23.9 Å². The summed E-state index contributed by atoms with van der Waals surface area (Å²) < 4.78 is 27.1. The molecule has 7 heteroatoms. The molecule has 3 rings (SSSR count). The summed E-state index contributed by atoms with van der Waals surface area (Å²) >= 11 is 1.67. The molecule has 1 aliphatic rings. The summed E-state index contributed by atoms with van der Waals surface area (Å²) in [6.07, 6.45) is 1.75. The predicted molar refractivity (Wildman–Crippen MR) is 104 cm³/mol. The number of sulfonamides is 1. The quantitative estimate of drug-likeness (QED) is 0.537. The zero-order valence-corrected chi connectivity index (χ0v) is 16.2. The summed E-state index contributed by atoms with van der Waals surface area (Å²) in [5, 5.41) is 2.84. The van der Waals surface area contributed by atoms with Gasteiger partial charge in [-0.3, -0.25) is 4.79 Å². The Morgan fingerprint density at radius 3 is 2.58 bits per heavy atom. The van der Waals surface area contributed by atoms with Crippen LogP contribution in [0.25, 0.3) is 0 Å². The summed E-state index contributed by atoms with van der Waals surface area (Å²) in [6.45, 7) is 2.55. The number of rotatable bonds is 8. The first-order chi connectivity index (χ1) is 12.4. The van der Waals surface area contributed by atoms with E-state index in [2.05, 4.69) is 34.3 Å². The van der Waals surface area contributed by atoms with Crippen LogP contribution in [0.4, 0.5) is 0 Å². The first-order valence-corrected chi connectivity index (χ1v) is 11.0. The van der Waals surface area contributed by atoms with Crippen LogP contribution in [0, 0.1) is 6.92 Å². The number of benzene rings is 2. The monoisotopic (exact) mass is 390 g/mol. The second kappa shape index (κ2) is 8.24. The first kappa shape index (κ1) is 18.9. The molecule has 1 aliphatic carbocycles. The largest absolute Gasteiger partial charge is 0.351 e. The molecule has 2 N–H and O–H groups in total. The fourth-order valence-electron chi connectivity index (χ4n) is 2.36. The van der Waals surface area contributed by atoms with E-state index in [1.807, 2.05) is 6.92 Å². The van der Waals surface area contributed by atoms with Gasteiger partial charge in [-0.05, 0) is 50.1 Å². The van der Waals surface area contributed by atoms with Crippen LogP contribution in [0.15, 0.2) is 58.3 Å². The highest BCUT2D eigenvalue weighted by Crippen LogP contribution is 2.22. The van der Waals surface area contributed by atoms with Gasteiger partial charge in [0.1, 0.15) is 0 Å². The molecule has 5 nitrogen and oxygen atoms in total. The molecule has 0 bridgehead atoms. The summed E-state index contributed by atoms with van der Waals surface area (Å²) in [4.78, 5) is 13.6. The Morgan fingerprint density at radius 1 is 1.15 bits per heavy atom. The number of amides is 1. The Kier molecular flexibility index (Phi) is 6.01. The Bertz CT molecular complexity index is 876. The van der Waals surface area contributed by atoms with E-state index in [0.29, 0.717) is 12.1 Å². The van der Waals surface area contributed by atoms with Gasteiger partial charge in [0.2, 0.25) is 10.0 Å². The maximum absolute atomic E-state index is 12.3. The van der Waals surface area contributed by atoms with Gasteiger partial charge in [-0.2, -0.15) is 0 Å². The maximum Gasteiger partial charge on any atom is 0.251 e. The molecule has 0 saturated heterocycles. The molecule has 2 aromatic carbocycles. The van der Waals surface area contributed by atoms with Crippen LogP contribution < -0.4 is 10.0 Å². The second-order valence-corrected chi connectivity index (χ2v) is 9.22. The molecule has 1 fully saturated rings. The van der Waals surface area contributed by atoms with Crippen LogP contribution in [-0.2, 0) is 10.0 Å². The van der Waals surface area contributed by atoms with Crippen LogP contribution in [0.2, 0.25) is 0 Å². The molecule has 2 aromatic rings. The van der Waals surface area contributed by atoms with Crippen molar-refractivity contribution in [2.45, 2.75) is 35.6 Å². The summed E-state index contributed by atoms with van der Waals surface area (Å²) in [6, 6.07) is 14.4. The molecule has 0 unspecified atom stereocenters. The van der Waals surface area contributed by atoms with Gasteiger partial charge < -0.3 is 5.32 Å². The van der Waals surface area contributed by atoms with Gasteiger partial charge in [-0.1, -0.05) is 23.8 Å². The lowest BCUT2D eigenvalue weighted by atomic mass is 10.2. The molecule has 1 saturated carbocycles. The molecular formula is C19H22N2O3S2. The van der Waals surface area contributed by atoms with Gasteiger partial charge in [0, 0.05) is 28.8 Å². The first-order valence-electron chi connectivity index (χ1n) is 8.54. The van der Waals surface area contributed by atoms with Crippen LogP contribution in [0.5, 0.6) is 0 Å². The minimum atomic E-state index is -3.55. The molecule has 0 atom stereocenters. The highest BCUT2D eigenvalue weighted by Gasteiger charge is 2.28.